The molecule has 1 rings (SSSR count). The molecule has 0 bridgehead atoms. The molecule has 0 aliphatic carbocycles. The number of sulfone groups is 1. The molecule has 7 nitrogen and oxygen atoms in total. The third kappa shape index (κ3) is 9.28. The quantitative estimate of drug-likeness (QED) is 0.481. The molecule has 1 heterocycles. The molecule has 0 aliphatic rings. The number of hydrogen-bond acceptors (Lipinski definition) is 5. The van der Waals surface area contributed by atoms with E-state index in [4.69, 9.17) is 4.74 Å². The third-order valence-electron chi connectivity index (χ3n) is 3.35. The number of guanidine groups is 1. The van der Waals surface area contributed by atoms with Crippen LogP contribution in [0.5, 0.6) is 5.88 Å². The molecular formula is C17H30N4O3S. The van der Waals surface area contributed by atoms with Gasteiger partial charge in [0, 0.05) is 30.6 Å². The largest absolute Gasteiger partial charge is 0.477 e. The summed E-state index contributed by atoms with van der Waals surface area (Å²) in [6, 6.07) is 3.80. The summed E-state index contributed by atoms with van der Waals surface area (Å²) in [5, 5.41) is 6.41. The van der Waals surface area contributed by atoms with Crippen LogP contribution in [0.25, 0.3) is 0 Å². The van der Waals surface area contributed by atoms with Crippen LogP contribution in [0, 0.1) is 0 Å². The predicted octanol–water partition coefficient (Wildman–Crippen LogP) is 1.75. The zero-order valence-corrected chi connectivity index (χ0v) is 16.4. The van der Waals surface area contributed by atoms with Crippen molar-refractivity contribution >= 4 is 15.8 Å². The van der Waals surface area contributed by atoms with E-state index >= 15 is 0 Å². The Hall–Kier alpha value is -1.83. The van der Waals surface area contributed by atoms with Gasteiger partial charge in [0.25, 0.3) is 0 Å². The van der Waals surface area contributed by atoms with Crippen LogP contribution in [0.4, 0.5) is 0 Å². The van der Waals surface area contributed by atoms with Crippen molar-refractivity contribution in [2.75, 3.05) is 25.2 Å². The summed E-state index contributed by atoms with van der Waals surface area (Å²) in [4.78, 5) is 8.82. The van der Waals surface area contributed by atoms with Crippen molar-refractivity contribution in [3.63, 3.8) is 0 Å². The summed E-state index contributed by atoms with van der Waals surface area (Å²) >= 11 is 0. The molecule has 0 spiro atoms. The molecule has 1 atom stereocenters. The van der Waals surface area contributed by atoms with Crippen LogP contribution < -0.4 is 15.4 Å². The Morgan fingerprint density at radius 3 is 2.80 bits per heavy atom. The second-order valence-electron chi connectivity index (χ2n) is 5.98. The topological polar surface area (TPSA) is 92.7 Å². The van der Waals surface area contributed by atoms with Gasteiger partial charge in [-0.3, -0.25) is 0 Å². The molecule has 1 unspecified atom stereocenters. The Morgan fingerprint density at radius 1 is 1.40 bits per heavy atom. The molecule has 25 heavy (non-hydrogen) atoms. The van der Waals surface area contributed by atoms with E-state index in [0.717, 1.165) is 18.5 Å². The van der Waals surface area contributed by atoms with E-state index in [1.165, 1.54) is 6.26 Å². The summed E-state index contributed by atoms with van der Waals surface area (Å²) in [5.41, 5.74) is 0.914. The van der Waals surface area contributed by atoms with Crippen LogP contribution in [-0.2, 0) is 16.4 Å². The number of ether oxygens (including phenoxy) is 1. The first-order valence-corrected chi connectivity index (χ1v) is 10.7. The minimum atomic E-state index is -2.96. The summed E-state index contributed by atoms with van der Waals surface area (Å²) < 4.78 is 28.2. The molecule has 142 valence electrons. The van der Waals surface area contributed by atoms with E-state index in [-0.39, 0.29) is 11.8 Å². The predicted molar refractivity (Wildman–Crippen MR) is 102 cm³/mol. The van der Waals surface area contributed by atoms with Crippen molar-refractivity contribution < 1.29 is 13.2 Å². The zero-order chi connectivity index (χ0) is 18.7. The Labute approximate surface area is 151 Å². The molecule has 0 saturated heterocycles. The van der Waals surface area contributed by atoms with Crippen LogP contribution in [0.1, 0.15) is 39.2 Å². The Morgan fingerprint density at radius 2 is 2.16 bits per heavy atom. The fourth-order valence-corrected chi connectivity index (χ4v) is 2.84. The van der Waals surface area contributed by atoms with E-state index in [1.807, 2.05) is 32.9 Å². The van der Waals surface area contributed by atoms with Crippen LogP contribution in [-0.4, -0.2) is 50.6 Å². The number of aliphatic imine (C=N–C) groups is 1. The van der Waals surface area contributed by atoms with Gasteiger partial charge in [-0.2, -0.15) is 0 Å². The maximum atomic E-state index is 11.3. The average molecular weight is 371 g/mol. The first kappa shape index (κ1) is 21.2. The molecule has 0 saturated carbocycles. The first-order chi connectivity index (χ1) is 11.9. The maximum absolute atomic E-state index is 11.3. The van der Waals surface area contributed by atoms with Gasteiger partial charge in [0.15, 0.2) is 5.96 Å². The molecule has 2 N–H and O–H groups in total. The normalized spacial score (nSPS) is 13.4. The Kier molecular flexibility index (Phi) is 9.26. The second kappa shape index (κ2) is 10.9. The minimum Gasteiger partial charge on any atom is -0.477 e. The second-order valence-corrected chi connectivity index (χ2v) is 8.23. The fourth-order valence-electron chi connectivity index (χ4n) is 2.05. The van der Waals surface area contributed by atoms with Gasteiger partial charge >= 0.3 is 0 Å². The Bertz CT molecular complexity index is 647. The number of pyridine rings is 1. The minimum absolute atomic E-state index is 0.00256. The van der Waals surface area contributed by atoms with E-state index in [1.54, 1.807) is 6.20 Å². The van der Waals surface area contributed by atoms with Crippen molar-refractivity contribution in [2.45, 2.75) is 46.2 Å². The molecule has 0 amide bonds. The lowest BCUT2D eigenvalue weighted by Crippen LogP contribution is -2.42. The molecule has 8 heteroatoms. The number of nitrogens with one attached hydrogen (secondary N) is 2. The van der Waals surface area contributed by atoms with Gasteiger partial charge in [-0.1, -0.05) is 13.0 Å². The van der Waals surface area contributed by atoms with Gasteiger partial charge in [-0.25, -0.2) is 18.4 Å². The van der Waals surface area contributed by atoms with Gasteiger partial charge in [0.1, 0.15) is 9.84 Å². The number of rotatable bonds is 10. The number of aromatic nitrogens is 1. The highest BCUT2D eigenvalue weighted by Crippen LogP contribution is 2.15. The van der Waals surface area contributed by atoms with Crippen molar-refractivity contribution in [1.29, 1.82) is 0 Å². The van der Waals surface area contributed by atoms with Crippen molar-refractivity contribution in [1.82, 2.24) is 15.6 Å². The van der Waals surface area contributed by atoms with Crippen molar-refractivity contribution in [3.05, 3.63) is 23.9 Å². The Balaban J connectivity index is 2.72. The molecule has 0 radical (unpaired) electrons. The van der Waals surface area contributed by atoms with Gasteiger partial charge in [-0.15, -0.1) is 0 Å². The van der Waals surface area contributed by atoms with E-state index in [2.05, 4.69) is 20.6 Å². The molecule has 1 aromatic heterocycles. The highest BCUT2D eigenvalue weighted by Gasteiger charge is 2.10. The van der Waals surface area contributed by atoms with Crippen molar-refractivity contribution in [2.24, 2.45) is 4.99 Å². The van der Waals surface area contributed by atoms with Gasteiger partial charge in [0.05, 0.1) is 18.9 Å². The standard InChI is InChI=1S/C17H30N4O3S/c1-5-11-24-16-15(8-7-10-19-16)13-20-17(18-6-2)21-14(3)9-12-25(4,22)23/h7-8,10,14H,5-6,9,11-13H2,1-4H3,(H2,18,20,21). The van der Waals surface area contributed by atoms with Crippen LogP contribution >= 0.6 is 0 Å². The molecule has 0 aromatic carbocycles. The van der Waals surface area contributed by atoms with E-state index in [0.29, 0.717) is 31.4 Å². The fraction of sp³-hybridized carbons (Fsp3) is 0.647. The monoisotopic (exact) mass is 370 g/mol. The first-order valence-electron chi connectivity index (χ1n) is 8.65. The lowest BCUT2D eigenvalue weighted by molar-refractivity contribution is 0.302. The highest BCUT2D eigenvalue weighted by molar-refractivity contribution is 7.90. The van der Waals surface area contributed by atoms with Crippen LogP contribution in [0.2, 0.25) is 0 Å². The summed E-state index contributed by atoms with van der Waals surface area (Å²) in [6.45, 7) is 7.74. The number of hydrogen-bond donors (Lipinski definition) is 2. The molecule has 1 aromatic rings. The van der Waals surface area contributed by atoms with Gasteiger partial charge in [0.2, 0.25) is 5.88 Å². The third-order valence-corrected chi connectivity index (χ3v) is 4.33. The van der Waals surface area contributed by atoms with Crippen LogP contribution in [0.15, 0.2) is 23.3 Å². The highest BCUT2D eigenvalue weighted by atomic mass is 32.2. The molecule has 0 fully saturated rings. The molecule has 0 aliphatic heterocycles. The SMILES string of the molecule is CCCOc1ncccc1CN=C(NCC)NC(C)CCS(C)(=O)=O. The summed E-state index contributed by atoms with van der Waals surface area (Å²) in [6.07, 6.45) is 4.40. The lowest BCUT2D eigenvalue weighted by Gasteiger charge is -2.17. The van der Waals surface area contributed by atoms with Gasteiger partial charge < -0.3 is 15.4 Å². The average Bonchev–Trinajstić information content (AvgIpc) is 2.56. The van der Waals surface area contributed by atoms with E-state index < -0.39 is 9.84 Å². The van der Waals surface area contributed by atoms with E-state index in [9.17, 15) is 8.42 Å². The smallest absolute Gasteiger partial charge is 0.218 e. The number of nitrogens with zero attached hydrogens (tertiary/aromatic N) is 2. The summed E-state index contributed by atoms with van der Waals surface area (Å²) in [7, 11) is -2.96. The zero-order valence-electron chi connectivity index (χ0n) is 15.6. The molecular weight excluding hydrogens is 340 g/mol. The van der Waals surface area contributed by atoms with Crippen molar-refractivity contribution in [3.8, 4) is 5.88 Å². The maximum Gasteiger partial charge on any atom is 0.218 e. The summed E-state index contributed by atoms with van der Waals surface area (Å²) in [5.74, 6) is 1.40. The van der Waals surface area contributed by atoms with Crippen LogP contribution in [0.3, 0.4) is 0 Å². The van der Waals surface area contributed by atoms with Gasteiger partial charge in [-0.05, 0) is 32.8 Å². The lowest BCUT2D eigenvalue weighted by atomic mass is 10.2.